The largest absolute Gasteiger partial charge is 0.307 e. The average molecular weight is 76.1 g/mol. The second-order valence-corrected chi connectivity index (χ2v) is 0. The molecule has 0 aliphatic heterocycles. The maximum Gasteiger partial charge on any atom is 0.106 e. The second-order valence-electron chi connectivity index (χ2n) is 0. The van der Waals surface area contributed by atoms with Gasteiger partial charge < -0.3 is 9.59 Å². The molecule has 0 aliphatic rings. The highest BCUT2D eigenvalue weighted by Crippen LogP contribution is 0.496. The van der Waals surface area contributed by atoms with Gasteiger partial charge in [0.05, 0.1) is 0 Å². The summed E-state index contributed by atoms with van der Waals surface area (Å²) in [6, 6.07) is 0. The summed E-state index contributed by atoms with van der Waals surface area (Å²) in [5, 5.41) is 0. The summed E-state index contributed by atoms with van der Waals surface area (Å²) < 4.78 is 0. The minimum Gasteiger partial charge on any atom is -0.307 e. The van der Waals surface area contributed by atoms with Crippen LogP contribution in [-0.2, 0) is 9.59 Å². The SMILES string of the molecule is C.C=O.C=O. The fourth-order valence-electron chi connectivity index (χ4n) is 0. The Labute approximate surface area is 31.8 Å². The van der Waals surface area contributed by atoms with Gasteiger partial charge in [0.2, 0.25) is 0 Å². The fourth-order valence-corrected chi connectivity index (χ4v) is 0. The van der Waals surface area contributed by atoms with Crippen LogP contribution in [0.2, 0.25) is 0 Å². The molecule has 2 nitrogen and oxygen atoms in total. The first-order chi connectivity index (χ1) is 2.00. The van der Waals surface area contributed by atoms with Gasteiger partial charge in [-0.1, -0.05) is 7.43 Å². The lowest BCUT2D eigenvalue weighted by Crippen LogP contribution is -0.925. The lowest BCUT2D eigenvalue weighted by molar-refractivity contribution is -0.0987. The first-order valence-electron chi connectivity index (χ1n) is 0.577. The van der Waals surface area contributed by atoms with Gasteiger partial charge in [-0.3, -0.25) is 0 Å². The number of rotatable bonds is 0. The molecule has 0 heterocycles. The highest BCUT2D eigenvalue weighted by atomic mass is 16.1. The molecule has 0 aliphatic carbocycles. The van der Waals surface area contributed by atoms with Crippen molar-refractivity contribution in [1.29, 1.82) is 0 Å². The van der Waals surface area contributed by atoms with E-state index in [4.69, 9.17) is 9.59 Å². The quantitative estimate of drug-likeness (QED) is 0.415. The van der Waals surface area contributed by atoms with Crippen molar-refractivity contribution in [2.24, 2.45) is 0 Å². The molecular formula is C3H8O2. The molecule has 5 heavy (non-hydrogen) atoms. The lowest BCUT2D eigenvalue weighted by Gasteiger charge is -0.837. The van der Waals surface area contributed by atoms with Gasteiger partial charge in [-0.25, -0.2) is 0 Å². The Bertz CT molecular complexity index is 6.85. The molecule has 0 aromatic rings. The molecular weight excluding hydrogens is 68.0 g/mol. The molecule has 2 heteroatoms. The van der Waals surface area contributed by atoms with E-state index in [1.54, 1.807) is 0 Å². The monoisotopic (exact) mass is 76.1 g/mol. The van der Waals surface area contributed by atoms with Crippen molar-refractivity contribution in [2.45, 2.75) is 7.43 Å². The van der Waals surface area contributed by atoms with Crippen LogP contribution >= 0.6 is 0 Å². The number of hydrogen-bond acceptors (Lipinski definition) is 2. The van der Waals surface area contributed by atoms with Gasteiger partial charge in [0.15, 0.2) is 0 Å². The lowest BCUT2D eigenvalue weighted by atomic mass is 11.9. The zero-order valence-electron chi connectivity index (χ0n) is 2.23. The Kier molecular flexibility index (Phi) is 226. The predicted octanol–water partition coefficient (Wildman–Crippen LogP) is 0.266. The van der Waals surface area contributed by atoms with Crippen LogP contribution in [0.3, 0.4) is 0 Å². The van der Waals surface area contributed by atoms with E-state index in [1.807, 2.05) is 13.6 Å². The van der Waals surface area contributed by atoms with Gasteiger partial charge in [0, 0.05) is 0 Å². The normalized spacial score (nSPS) is 1.60. The minimum atomic E-state index is 0. The van der Waals surface area contributed by atoms with Crippen LogP contribution in [0.15, 0.2) is 0 Å². The summed E-state index contributed by atoms with van der Waals surface area (Å²) in [6.07, 6.45) is 0. The molecule has 0 saturated heterocycles. The van der Waals surface area contributed by atoms with Crippen molar-refractivity contribution >= 4 is 13.6 Å². The highest BCUT2D eigenvalue weighted by molar-refractivity contribution is 5.11. The molecule has 0 aromatic heterocycles. The van der Waals surface area contributed by atoms with Crippen molar-refractivity contribution in [3.05, 3.63) is 0 Å². The van der Waals surface area contributed by atoms with Gasteiger partial charge in [-0.15, -0.1) is 0 Å². The van der Waals surface area contributed by atoms with Crippen molar-refractivity contribution in [3.8, 4) is 0 Å². The van der Waals surface area contributed by atoms with Crippen LogP contribution in [0.25, 0.3) is 0 Å². The molecule has 0 radical (unpaired) electrons. The first-order valence-corrected chi connectivity index (χ1v) is 0.577. The molecule has 0 amide bonds. The highest BCUT2D eigenvalue weighted by Gasteiger charge is 0.638. The molecule has 0 atom stereocenters. The maximum absolute atomic E-state index is 8.00. The van der Waals surface area contributed by atoms with E-state index >= 15 is 0 Å². The summed E-state index contributed by atoms with van der Waals surface area (Å²) in [4.78, 5) is 16.0. The molecule has 0 saturated carbocycles. The van der Waals surface area contributed by atoms with Gasteiger partial charge in [-0.2, -0.15) is 0 Å². The molecule has 0 fully saturated rings. The van der Waals surface area contributed by atoms with Crippen molar-refractivity contribution < 1.29 is 9.59 Å². The maximum atomic E-state index is 8.00. The van der Waals surface area contributed by atoms with E-state index in [0.717, 1.165) is 0 Å². The predicted molar refractivity (Wildman–Crippen MR) is 21.0 cm³/mol. The number of hydrogen-bond donors (Lipinski definition) is 0. The van der Waals surface area contributed by atoms with Crippen LogP contribution in [-0.4, -0.2) is 13.6 Å². The molecule has 0 bridgehead atoms. The summed E-state index contributed by atoms with van der Waals surface area (Å²) in [6.45, 7) is 4.00. The molecule has 0 aromatic carbocycles. The number of carbonyl (C=O) groups excluding carboxylic acids is 2. The molecule has 0 N–H and O–H groups in total. The van der Waals surface area contributed by atoms with Crippen molar-refractivity contribution in [3.63, 3.8) is 0 Å². The number of carbonyl (C=O) groups is 2. The van der Waals surface area contributed by atoms with Crippen LogP contribution in [0.5, 0.6) is 0 Å². The van der Waals surface area contributed by atoms with E-state index in [0.29, 0.717) is 0 Å². The standard InChI is InChI=1S/2CH2O.CH4/c2*1-2;/h2*1H2;1H4. The molecule has 0 spiro atoms. The summed E-state index contributed by atoms with van der Waals surface area (Å²) in [5.74, 6) is 0. The zero-order chi connectivity index (χ0) is 4.00. The third-order valence-corrected chi connectivity index (χ3v) is 0. The van der Waals surface area contributed by atoms with Crippen LogP contribution < -0.4 is 0 Å². The van der Waals surface area contributed by atoms with Crippen molar-refractivity contribution in [1.82, 2.24) is 0 Å². The van der Waals surface area contributed by atoms with Gasteiger partial charge in [-0.05, 0) is 0 Å². The Morgan fingerprint density at radius 2 is 0.800 bits per heavy atom. The van der Waals surface area contributed by atoms with Gasteiger partial charge >= 0.3 is 0 Å². The molecule has 32 valence electrons. The molecule has 0 unspecified atom stereocenters. The van der Waals surface area contributed by atoms with E-state index in [-0.39, 0.29) is 7.43 Å². The smallest absolute Gasteiger partial charge is 0.106 e. The fraction of sp³-hybridized carbons (Fsp3) is 0.333. The van der Waals surface area contributed by atoms with Gasteiger partial charge in [0.1, 0.15) is 13.6 Å². The summed E-state index contributed by atoms with van der Waals surface area (Å²) >= 11 is 0. The Balaban J connectivity index is -0.0000000133. The van der Waals surface area contributed by atoms with Crippen LogP contribution in [0, 0.1) is 0 Å². The summed E-state index contributed by atoms with van der Waals surface area (Å²) in [7, 11) is 0. The average Bonchev–Trinajstić information content (AvgIpc) is 1.50. The Morgan fingerprint density at radius 3 is 0.800 bits per heavy atom. The first kappa shape index (κ1) is 27.0. The minimum absolute atomic E-state index is 0. The van der Waals surface area contributed by atoms with E-state index in [1.165, 1.54) is 0 Å². The van der Waals surface area contributed by atoms with Gasteiger partial charge in [0.25, 0.3) is 0 Å². The van der Waals surface area contributed by atoms with E-state index in [2.05, 4.69) is 0 Å². The second kappa shape index (κ2) is 42.0. The topological polar surface area (TPSA) is 34.1 Å². The third-order valence-electron chi connectivity index (χ3n) is 0. The van der Waals surface area contributed by atoms with Crippen LogP contribution in [0.4, 0.5) is 0 Å². The Hall–Kier alpha value is -0.660. The summed E-state index contributed by atoms with van der Waals surface area (Å²) in [5.41, 5.74) is 0. The molecule has 0 rings (SSSR count). The van der Waals surface area contributed by atoms with E-state index < -0.39 is 0 Å². The third kappa shape index (κ3) is 13.8. The Morgan fingerprint density at radius 1 is 0.800 bits per heavy atom. The van der Waals surface area contributed by atoms with Crippen molar-refractivity contribution in [2.75, 3.05) is 0 Å². The van der Waals surface area contributed by atoms with Crippen LogP contribution in [0.1, 0.15) is 7.43 Å². The zero-order valence-corrected chi connectivity index (χ0v) is 2.23. The van der Waals surface area contributed by atoms with E-state index in [9.17, 15) is 0 Å².